The lowest BCUT2D eigenvalue weighted by molar-refractivity contribution is 0.0938. The lowest BCUT2D eigenvalue weighted by Crippen LogP contribution is -2.30. The monoisotopic (exact) mass is 171 g/mol. The Morgan fingerprint density at radius 2 is 2.45 bits per heavy atom. The van der Waals surface area contributed by atoms with Gasteiger partial charge in [0.1, 0.15) is 0 Å². The number of aromatic nitrogens is 2. The third-order valence-corrected chi connectivity index (χ3v) is 1.52. The number of rotatable bonds is 2. The molecule has 0 aliphatic rings. The summed E-state index contributed by atoms with van der Waals surface area (Å²) in [5.41, 5.74) is 0.392. The average Bonchev–Trinajstić information content (AvgIpc) is 2.35. The van der Waals surface area contributed by atoms with E-state index in [1.165, 1.54) is 11.5 Å². The highest BCUT2D eigenvalue weighted by Gasteiger charge is 2.08. The molecule has 1 amide bonds. The molecule has 1 aromatic heterocycles. The molecule has 4 nitrogen and oxygen atoms in total. The van der Waals surface area contributed by atoms with Crippen molar-refractivity contribution in [2.75, 3.05) is 0 Å². The second-order valence-electron chi connectivity index (χ2n) is 2.42. The third-order valence-electron chi connectivity index (χ3n) is 1.01. The van der Waals surface area contributed by atoms with E-state index < -0.39 is 0 Å². The Morgan fingerprint density at radius 3 is 2.91 bits per heavy atom. The molecule has 0 saturated carbocycles. The number of amides is 1. The van der Waals surface area contributed by atoms with Gasteiger partial charge in [-0.15, -0.1) is 5.10 Å². The second-order valence-corrected chi connectivity index (χ2v) is 3.03. The van der Waals surface area contributed by atoms with Crippen molar-refractivity contribution in [1.29, 1.82) is 0 Å². The van der Waals surface area contributed by atoms with Crippen LogP contribution in [0, 0.1) is 0 Å². The molecule has 0 saturated heterocycles. The van der Waals surface area contributed by atoms with Crippen LogP contribution in [0.5, 0.6) is 0 Å². The van der Waals surface area contributed by atoms with Crippen molar-refractivity contribution in [3.05, 3.63) is 11.1 Å². The van der Waals surface area contributed by atoms with Gasteiger partial charge in [0.05, 0.1) is 0 Å². The van der Waals surface area contributed by atoms with E-state index in [4.69, 9.17) is 0 Å². The van der Waals surface area contributed by atoms with Crippen LogP contribution < -0.4 is 5.32 Å². The molecule has 5 heteroatoms. The molecule has 0 radical (unpaired) electrons. The third kappa shape index (κ3) is 2.27. The predicted molar refractivity (Wildman–Crippen MR) is 42.5 cm³/mol. The summed E-state index contributed by atoms with van der Waals surface area (Å²) in [7, 11) is 0. The standard InChI is InChI=1S/C6H9N3OS/c1-4(2)7-6(10)5-3-11-9-8-5/h3-4H,1-2H3,(H,7,10). The molecule has 0 unspecified atom stereocenters. The quantitative estimate of drug-likeness (QED) is 0.711. The van der Waals surface area contributed by atoms with Gasteiger partial charge in [-0.05, 0) is 25.4 Å². The first kappa shape index (κ1) is 8.13. The molecule has 1 N–H and O–H groups in total. The number of nitrogens with one attached hydrogen (secondary N) is 1. The normalized spacial score (nSPS) is 10.1. The number of carbonyl (C=O) groups is 1. The minimum Gasteiger partial charge on any atom is -0.348 e. The van der Waals surface area contributed by atoms with Crippen LogP contribution in [-0.4, -0.2) is 21.5 Å². The molecule has 0 bridgehead atoms. The lowest BCUT2D eigenvalue weighted by Gasteiger charge is -2.04. The van der Waals surface area contributed by atoms with Crippen LogP contribution in [0.3, 0.4) is 0 Å². The largest absolute Gasteiger partial charge is 0.348 e. The first-order valence-corrected chi connectivity index (χ1v) is 4.11. The molecule has 1 rings (SSSR count). The smallest absolute Gasteiger partial charge is 0.272 e. The Bertz CT molecular complexity index is 232. The Labute approximate surface area is 68.8 Å². The Morgan fingerprint density at radius 1 is 1.73 bits per heavy atom. The van der Waals surface area contributed by atoms with Gasteiger partial charge in [0, 0.05) is 11.4 Å². The first-order chi connectivity index (χ1) is 5.20. The molecule has 1 heterocycles. The summed E-state index contributed by atoms with van der Waals surface area (Å²) in [6.45, 7) is 3.80. The summed E-state index contributed by atoms with van der Waals surface area (Å²) in [6, 6.07) is 0.143. The number of hydrogen-bond donors (Lipinski definition) is 1. The van der Waals surface area contributed by atoms with E-state index >= 15 is 0 Å². The fraction of sp³-hybridized carbons (Fsp3) is 0.500. The Hall–Kier alpha value is -0.970. The highest BCUT2D eigenvalue weighted by Crippen LogP contribution is 1.96. The van der Waals surface area contributed by atoms with Gasteiger partial charge < -0.3 is 5.32 Å². The molecule has 0 fully saturated rings. The van der Waals surface area contributed by atoms with Crippen molar-refractivity contribution in [3.8, 4) is 0 Å². The fourth-order valence-corrected chi connectivity index (χ4v) is 1.04. The maximum atomic E-state index is 11.1. The zero-order valence-electron chi connectivity index (χ0n) is 6.37. The predicted octanol–water partition coefficient (Wildman–Crippen LogP) is 0.676. The summed E-state index contributed by atoms with van der Waals surface area (Å²) in [6.07, 6.45) is 0. The van der Waals surface area contributed by atoms with Gasteiger partial charge in [-0.3, -0.25) is 4.79 Å². The maximum absolute atomic E-state index is 11.1. The van der Waals surface area contributed by atoms with Crippen molar-refractivity contribution in [1.82, 2.24) is 14.9 Å². The van der Waals surface area contributed by atoms with Crippen molar-refractivity contribution >= 4 is 17.4 Å². The van der Waals surface area contributed by atoms with Crippen LogP contribution in [0.2, 0.25) is 0 Å². The molecule has 11 heavy (non-hydrogen) atoms. The van der Waals surface area contributed by atoms with E-state index in [-0.39, 0.29) is 11.9 Å². The minimum atomic E-state index is -0.159. The summed E-state index contributed by atoms with van der Waals surface area (Å²) in [4.78, 5) is 11.1. The molecule has 0 aliphatic carbocycles. The SMILES string of the molecule is CC(C)NC(=O)c1csnn1. The summed E-state index contributed by atoms with van der Waals surface area (Å²) in [5.74, 6) is -0.159. The fourth-order valence-electron chi connectivity index (χ4n) is 0.600. The highest BCUT2D eigenvalue weighted by atomic mass is 32.1. The summed E-state index contributed by atoms with van der Waals surface area (Å²) in [5, 5.41) is 7.96. The van der Waals surface area contributed by atoms with Gasteiger partial charge in [0.15, 0.2) is 5.69 Å². The van der Waals surface area contributed by atoms with E-state index in [0.29, 0.717) is 5.69 Å². The highest BCUT2D eigenvalue weighted by molar-refractivity contribution is 7.03. The van der Waals surface area contributed by atoms with E-state index in [2.05, 4.69) is 14.9 Å². The van der Waals surface area contributed by atoms with E-state index in [1.54, 1.807) is 5.38 Å². The van der Waals surface area contributed by atoms with Crippen molar-refractivity contribution < 1.29 is 4.79 Å². The molecular formula is C6H9N3OS. The van der Waals surface area contributed by atoms with Crippen LogP contribution in [0.15, 0.2) is 5.38 Å². The minimum absolute atomic E-state index is 0.143. The van der Waals surface area contributed by atoms with E-state index in [1.807, 2.05) is 13.8 Å². The van der Waals surface area contributed by atoms with Gasteiger partial charge in [0.25, 0.3) is 5.91 Å². The van der Waals surface area contributed by atoms with Gasteiger partial charge in [-0.1, -0.05) is 4.49 Å². The van der Waals surface area contributed by atoms with Gasteiger partial charge >= 0.3 is 0 Å². The number of carbonyl (C=O) groups excluding carboxylic acids is 1. The van der Waals surface area contributed by atoms with Gasteiger partial charge in [-0.2, -0.15) is 0 Å². The number of hydrogen-bond acceptors (Lipinski definition) is 4. The lowest BCUT2D eigenvalue weighted by atomic mass is 10.3. The van der Waals surface area contributed by atoms with Crippen LogP contribution in [0.4, 0.5) is 0 Å². The van der Waals surface area contributed by atoms with E-state index in [9.17, 15) is 4.79 Å². The van der Waals surface area contributed by atoms with Crippen molar-refractivity contribution in [2.24, 2.45) is 0 Å². The maximum Gasteiger partial charge on any atom is 0.272 e. The summed E-state index contributed by atoms with van der Waals surface area (Å²) < 4.78 is 3.58. The zero-order chi connectivity index (χ0) is 8.27. The number of nitrogens with zero attached hydrogens (tertiary/aromatic N) is 2. The average molecular weight is 171 g/mol. The molecule has 0 spiro atoms. The van der Waals surface area contributed by atoms with Crippen LogP contribution in [-0.2, 0) is 0 Å². The van der Waals surface area contributed by atoms with Crippen molar-refractivity contribution in [3.63, 3.8) is 0 Å². The van der Waals surface area contributed by atoms with E-state index in [0.717, 1.165) is 0 Å². The molecule has 0 aliphatic heterocycles. The molecular weight excluding hydrogens is 162 g/mol. The molecule has 0 aromatic carbocycles. The first-order valence-electron chi connectivity index (χ1n) is 3.28. The van der Waals surface area contributed by atoms with Crippen LogP contribution in [0.25, 0.3) is 0 Å². The molecule has 0 atom stereocenters. The van der Waals surface area contributed by atoms with Crippen molar-refractivity contribution in [2.45, 2.75) is 19.9 Å². The van der Waals surface area contributed by atoms with Crippen LogP contribution >= 0.6 is 11.5 Å². The Kier molecular flexibility index (Phi) is 2.53. The molecule has 1 aromatic rings. The second kappa shape index (κ2) is 3.43. The van der Waals surface area contributed by atoms with Gasteiger partial charge in [0.2, 0.25) is 0 Å². The molecule has 60 valence electrons. The van der Waals surface area contributed by atoms with Crippen LogP contribution in [0.1, 0.15) is 24.3 Å². The topological polar surface area (TPSA) is 54.9 Å². The zero-order valence-corrected chi connectivity index (χ0v) is 7.18. The Balaban J connectivity index is 2.57. The summed E-state index contributed by atoms with van der Waals surface area (Å²) >= 11 is 1.17. The van der Waals surface area contributed by atoms with Gasteiger partial charge in [-0.25, -0.2) is 0 Å².